The van der Waals surface area contributed by atoms with Gasteiger partial charge < -0.3 is 5.73 Å². The Labute approximate surface area is 179 Å². The third kappa shape index (κ3) is 6.65. The highest BCUT2D eigenvalue weighted by atomic mass is 35.5. The lowest BCUT2D eigenvalue weighted by molar-refractivity contribution is -0.119. The fourth-order valence-electron chi connectivity index (χ4n) is 2.49. The van der Waals surface area contributed by atoms with Crippen molar-refractivity contribution in [3.8, 4) is 6.07 Å². The number of amides is 2. The zero-order valence-electron chi connectivity index (χ0n) is 15.9. The second-order valence-electron chi connectivity index (χ2n) is 6.79. The molecule has 0 radical (unpaired) electrons. The van der Waals surface area contributed by atoms with Crippen LogP contribution in [0.3, 0.4) is 0 Å². The normalized spacial score (nSPS) is 13.9. The molecule has 0 fully saturated rings. The van der Waals surface area contributed by atoms with E-state index in [1.54, 1.807) is 24.3 Å². The fraction of sp³-hybridized carbons (Fsp3) is 0.316. The molecule has 0 saturated carbocycles. The van der Waals surface area contributed by atoms with E-state index in [2.05, 4.69) is 9.08 Å². The summed E-state index contributed by atoms with van der Waals surface area (Å²) in [7, 11) is -3.60. The van der Waals surface area contributed by atoms with Gasteiger partial charge in [0.15, 0.2) is 9.92 Å². The van der Waals surface area contributed by atoms with Crippen molar-refractivity contribution >= 4 is 44.7 Å². The molecule has 7 nitrogen and oxygen atoms in total. The van der Waals surface area contributed by atoms with E-state index in [1.807, 2.05) is 19.9 Å². The Kier molecular flexibility index (Phi) is 7.93. The van der Waals surface area contributed by atoms with Gasteiger partial charge in [0, 0.05) is 5.38 Å². The van der Waals surface area contributed by atoms with Gasteiger partial charge in [-0.15, -0.1) is 15.7 Å². The van der Waals surface area contributed by atoms with E-state index in [9.17, 15) is 13.8 Å². The van der Waals surface area contributed by atoms with E-state index in [0.717, 1.165) is 11.3 Å². The highest BCUT2D eigenvalue weighted by Crippen LogP contribution is 2.25. The SMILES string of the molecule is CC(C)C[C@H](N)C(=O)N=S(=O)(NC(=O)Cc1cccc(C#N)c1)c1cc(Cl)cs1. The molecule has 29 heavy (non-hydrogen) atoms. The largest absolute Gasteiger partial charge is 0.320 e. The number of nitrogens with zero attached hydrogens (tertiary/aromatic N) is 2. The van der Waals surface area contributed by atoms with Crippen molar-refractivity contribution < 1.29 is 13.8 Å². The van der Waals surface area contributed by atoms with Gasteiger partial charge in [-0.3, -0.25) is 14.3 Å². The van der Waals surface area contributed by atoms with Crippen molar-refractivity contribution in [2.75, 3.05) is 0 Å². The molecular weight excluding hydrogens is 432 g/mol. The van der Waals surface area contributed by atoms with Gasteiger partial charge in [-0.25, -0.2) is 4.21 Å². The van der Waals surface area contributed by atoms with E-state index >= 15 is 0 Å². The number of carbonyl (C=O) groups excluding carboxylic acids is 2. The summed E-state index contributed by atoms with van der Waals surface area (Å²) in [6.07, 6.45) is 0.241. The first-order valence-electron chi connectivity index (χ1n) is 8.73. The second kappa shape index (κ2) is 9.98. The van der Waals surface area contributed by atoms with Crippen LogP contribution in [0.15, 0.2) is 44.3 Å². The summed E-state index contributed by atoms with van der Waals surface area (Å²) < 4.78 is 19.8. The minimum atomic E-state index is -3.60. The third-order valence-electron chi connectivity index (χ3n) is 3.75. The quantitative estimate of drug-likeness (QED) is 0.666. The van der Waals surface area contributed by atoms with Crippen molar-refractivity contribution in [3.63, 3.8) is 0 Å². The van der Waals surface area contributed by atoms with Crippen LogP contribution in [0.4, 0.5) is 0 Å². The Bertz CT molecular complexity index is 1070. The number of carbonyl (C=O) groups is 2. The summed E-state index contributed by atoms with van der Waals surface area (Å²) in [6.45, 7) is 3.81. The van der Waals surface area contributed by atoms with Gasteiger partial charge in [-0.1, -0.05) is 37.6 Å². The van der Waals surface area contributed by atoms with Crippen LogP contribution in [0, 0.1) is 17.2 Å². The molecule has 10 heteroatoms. The molecule has 3 N–H and O–H groups in total. The Morgan fingerprint density at radius 3 is 2.69 bits per heavy atom. The molecule has 0 saturated heterocycles. The Morgan fingerprint density at radius 2 is 2.10 bits per heavy atom. The van der Waals surface area contributed by atoms with Gasteiger partial charge in [0.1, 0.15) is 4.21 Å². The molecule has 2 rings (SSSR count). The molecule has 2 aromatic rings. The molecule has 154 valence electrons. The summed E-state index contributed by atoms with van der Waals surface area (Å²) in [5, 5.41) is 10.8. The van der Waals surface area contributed by atoms with Crippen LogP contribution in [-0.4, -0.2) is 22.1 Å². The van der Waals surface area contributed by atoms with Crippen molar-refractivity contribution in [1.82, 2.24) is 4.72 Å². The lowest BCUT2D eigenvalue weighted by Crippen LogP contribution is -2.35. The minimum Gasteiger partial charge on any atom is -0.320 e. The van der Waals surface area contributed by atoms with Gasteiger partial charge in [0.05, 0.1) is 29.1 Å². The maximum atomic E-state index is 13.4. The molecule has 2 amide bonds. The van der Waals surface area contributed by atoms with E-state index in [1.165, 1.54) is 11.4 Å². The van der Waals surface area contributed by atoms with Gasteiger partial charge in [-0.2, -0.15) is 5.26 Å². The average Bonchev–Trinajstić information content (AvgIpc) is 3.08. The number of nitrogens with two attached hydrogens (primary N) is 1. The highest BCUT2D eigenvalue weighted by Gasteiger charge is 2.23. The minimum absolute atomic E-state index is 0.132. The zero-order valence-corrected chi connectivity index (χ0v) is 18.3. The molecule has 1 unspecified atom stereocenters. The van der Waals surface area contributed by atoms with Crippen molar-refractivity contribution in [3.05, 3.63) is 51.9 Å². The molecule has 0 aliphatic rings. The fourth-order valence-corrected chi connectivity index (χ4v) is 5.55. The topological polar surface area (TPSA) is 125 Å². The number of benzene rings is 1. The number of hydrogen-bond donors (Lipinski definition) is 2. The number of halogens is 1. The van der Waals surface area contributed by atoms with Gasteiger partial charge in [0.25, 0.3) is 5.91 Å². The lowest BCUT2D eigenvalue weighted by atomic mass is 10.0. The summed E-state index contributed by atoms with van der Waals surface area (Å²) in [5.74, 6) is -1.21. The van der Waals surface area contributed by atoms with Crippen LogP contribution in [0.25, 0.3) is 0 Å². The van der Waals surface area contributed by atoms with Crippen LogP contribution in [0.5, 0.6) is 0 Å². The van der Waals surface area contributed by atoms with Crippen LogP contribution < -0.4 is 10.5 Å². The Hall–Kier alpha value is -2.25. The van der Waals surface area contributed by atoms with Crippen LogP contribution in [-0.2, 0) is 25.9 Å². The molecule has 0 spiro atoms. The van der Waals surface area contributed by atoms with E-state index in [0.29, 0.717) is 22.6 Å². The maximum absolute atomic E-state index is 13.4. The first kappa shape index (κ1) is 23.0. The first-order valence-corrected chi connectivity index (χ1v) is 11.5. The van der Waals surface area contributed by atoms with Gasteiger partial charge >= 0.3 is 0 Å². The Morgan fingerprint density at radius 1 is 1.38 bits per heavy atom. The number of nitrogens with one attached hydrogen (secondary N) is 1. The number of thiophene rings is 1. The van der Waals surface area contributed by atoms with Crippen LogP contribution in [0.2, 0.25) is 5.02 Å². The Balaban J connectivity index is 2.32. The summed E-state index contributed by atoms with van der Waals surface area (Å²) in [4.78, 5) is 24.9. The van der Waals surface area contributed by atoms with Gasteiger partial charge in [0.2, 0.25) is 5.91 Å². The van der Waals surface area contributed by atoms with Crippen molar-refractivity contribution in [2.24, 2.45) is 16.0 Å². The summed E-state index contributed by atoms with van der Waals surface area (Å²) >= 11 is 6.95. The highest BCUT2D eigenvalue weighted by molar-refractivity contribution is 7.94. The molecular formula is C19H21ClN4O3S2. The first-order chi connectivity index (χ1) is 13.6. The average molecular weight is 453 g/mol. The smallest absolute Gasteiger partial charge is 0.272 e. The molecule has 0 aliphatic heterocycles. The standard InChI is InChI=1S/C19H21ClN4O3S2/c1-12(2)6-16(22)19(26)24-29(27,18-9-15(20)11-28-18)23-17(25)8-13-4-3-5-14(7-13)10-21/h3-5,7,9,11-12,16H,6,8,22H2,1-2H3,(H,23,24,25,26,27)/t16-,29?/m0/s1. The predicted octanol–water partition coefficient (Wildman–Crippen LogP) is 3.27. The zero-order chi connectivity index (χ0) is 21.6. The second-order valence-corrected chi connectivity index (χ2v) is 10.3. The van der Waals surface area contributed by atoms with E-state index in [-0.39, 0.29) is 16.5 Å². The third-order valence-corrected chi connectivity index (χ3v) is 7.39. The molecule has 0 bridgehead atoms. The van der Waals surface area contributed by atoms with Crippen molar-refractivity contribution in [1.29, 1.82) is 5.26 Å². The monoisotopic (exact) mass is 452 g/mol. The molecule has 1 aromatic carbocycles. The maximum Gasteiger partial charge on any atom is 0.272 e. The van der Waals surface area contributed by atoms with E-state index < -0.39 is 27.8 Å². The van der Waals surface area contributed by atoms with Crippen LogP contribution >= 0.6 is 22.9 Å². The molecule has 1 aromatic heterocycles. The van der Waals surface area contributed by atoms with Crippen molar-refractivity contribution in [2.45, 2.75) is 36.9 Å². The summed E-state index contributed by atoms with van der Waals surface area (Å²) in [5.41, 5.74) is 6.83. The summed E-state index contributed by atoms with van der Waals surface area (Å²) in [6, 6.07) is 8.97. The predicted molar refractivity (Wildman–Crippen MR) is 114 cm³/mol. The number of nitriles is 1. The number of rotatable bonds is 7. The lowest BCUT2D eigenvalue weighted by Gasteiger charge is -2.13. The van der Waals surface area contributed by atoms with E-state index in [4.69, 9.17) is 22.6 Å². The molecule has 1 heterocycles. The number of hydrogen-bond acceptors (Lipinski definition) is 6. The van der Waals surface area contributed by atoms with Crippen LogP contribution in [0.1, 0.15) is 31.4 Å². The molecule has 2 atom stereocenters. The van der Waals surface area contributed by atoms with Gasteiger partial charge in [-0.05, 0) is 36.1 Å². The molecule has 0 aliphatic carbocycles.